The van der Waals surface area contributed by atoms with Gasteiger partial charge in [0.1, 0.15) is 0 Å². The highest BCUT2D eigenvalue weighted by Crippen LogP contribution is 2.20. The van der Waals surface area contributed by atoms with Crippen molar-refractivity contribution in [2.45, 2.75) is 6.10 Å². The van der Waals surface area contributed by atoms with E-state index in [1.54, 1.807) is 0 Å². The monoisotopic (exact) mass is 387 g/mol. The molecular weight excluding hydrogens is 374 g/mol. The normalized spacial score (nSPS) is 12.8. The lowest BCUT2D eigenvalue weighted by molar-refractivity contribution is 0.205. The number of fused-ring (bicyclic) bond motifs is 1. The maximum absolute atomic E-state index is 9.89. The van der Waals surface area contributed by atoms with Crippen molar-refractivity contribution in [1.82, 2.24) is 4.98 Å². The van der Waals surface area contributed by atoms with E-state index in [0.717, 1.165) is 27.7 Å². The summed E-state index contributed by atoms with van der Waals surface area (Å²) in [6.07, 6.45) is 3.45. The first-order valence-electron chi connectivity index (χ1n) is 7.24. The molecule has 0 aliphatic heterocycles. The van der Waals surface area contributed by atoms with E-state index in [2.05, 4.69) is 20.9 Å². The third-order valence-electron chi connectivity index (χ3n) is 3.56. The van der Waals surface area contributed by atoms with Crippen LogP contribution < -0.4 is 0 Å². The van der Waals surface area contributed by atoms with E-state index in [9.17, 15) is 5.11 Å². The van der Waals surface area contributed by atoms with Crippen LogP contribution in [-0.2, 0) is 0 Å². The zero-order chi connectivity index (χ0) is 16.2. The summed E-state index contributed by atoms with van der Waals surface area (Å²) in [5, 5.41) is 12.2. The maximum atomic E-state index is 9.89. The number of hydrogen-bond donors (Lipinski definition) is 1. The van der Waals surface area contributed by atoms with Crippen molar-refractivity contribution >= 4 is 50.6 Å². The van der Waals surface area contributed by atoms with E-state index in [1.165, 1.54) is 0 Å². The maximum Gasteiger partial charge on any atom is 0.0887 e. The highest BCUT2D eigenvalue weighted by atomic mass is 79.9. The number of aliphatic hydroxyl groups is 1. The van der Waals surface area contributed by atoms with Gasteiger partial charge in [-0.1, -0.05) is 63.9 Å². The molecule has 2 nitrogen and oxygen atoms in total. The highest BCUT2D eigenvalue weighted by molar-refractivity contribution is 9.09. The van der Waals surface area contributed by atoms with Crippen molar-refractivity contribution in [3.63, 3.8) is 0 Å². The van der Waals surface area contributed by atoms with Gasteiger partial charge in [0, 0.05) is 15.7 Å². The van der Waals surface area contributed by atoms with Gasteiger partial charge in [0.25, 0.3) is 0 Å². The molecule has 1 N–H and O–H groups in total. The SMILES string of the molecule is OC(CBr)c1cccc(C=Cc2ccc3ccc(Cl)cc3n2)c1. The van der Waals surface area contributed by atoms with Crippen molar-refractivity contribution in [2.75, 3.05) is 5.33 Å². The van der Waals surface area contributed by atoms with Gasteiger partial charge in [-0.3, -0.25) is 0 Å². The molecule has 2 aromatic carbocycles. The average Bonchev–Trinajstić information content (AvgIpc) is 2.59. The van der Waals surface area contributed by atoms with E-state index in [-0.39, 0.29) is 0 Å². The summed E-state index contributed by atoms with van der Waals surface area (Å²) in [6, 6.07) is 17.5. The molecule has 0 saturated carbocycles. The van der Waals surface area contributed by atoms with Gasteiger partial charge >= 0.3 is 0 Å². The number of hydrogen-bond acceptors (Lipinski definition) is 2. The Bertz CT molecular complexity index is 863. The lowest BCUT2D eigenvalue weighted by atomic mass is 10.1. The van der Waals surface area contributed by atoms with Crippen LogP contribution in [0.15, 0.2) is 54.6 Å². The van der Waals surface area contributed by atoms with Crippen molar-refractivity contribution in [3.8, 4) is 0 Å². The molecule has 0 aliphatic rings. The number of aliphatic hydroxyl groups excluding tert-OH is 1. The summed E-state index contributed by atoms with van der Waals surface area (Å²) in [5.74, 6) is 0. The third-order valence-corrected chi connectivity index (χ3v) is 4.41. The van der Waals surface area contributed by atoms with Crippen LogP contribution in [0.1, 0.15) is 22.9 Å². The van der Waals surface area contributed by atoms with Crippen LogP contribution in [0, 0.1) is 0 Å². The van der Waals surface area contributed by atoms with Crippen LogP contribution >= 0.6 is 27.5 Å². The minimum Gasteiger partial charge on any atom is -0.388 e. The van der Waals surface area contributed by atoms with E-state index < -0.39 is 6.10 Å². The standard InChI is InChI=1S/C19H15BrClNO/c20-12-19(23)15-3-1-2-13(10-15)4-8-17-9-6-14-5-7-16(21)11-18(14)22-17/h1-11,19,23H,12H2. The predicted molar refractivity (Wildman–Crippen MR) is 101 cm³/mol. The number of halogens is 2. The number of alkyl halides is 1. The summed E-state index contributed by atoms with van der Waals surface area (Å²) in [6.45, 7) is 0. The topological polar surface area (TPSA) is 33.1 Å². The largest absolute Gasteiger partial charge is 0.388 e. The van der Waals surface area contributed by atoms with Gasteiger partial charge in [0.2, 0.25) is 0 Å². The van der Waals surface area contributed by atoms with Crippen molar-refractivity contribution in [1.29, 1.82) is 0 Å². The van der Waals surface area contributed by atoms with Gasteiger partial charge in [0.05, 0.1) is 17.3 Å². The van der Waals surface area contributed by atoms with Gasteiger partial charge in [-0.2, -0.15) is 0 Å². The number of nitrogens with zero attached hydrogens (tertiary/aromatic N) is 1. The molecular formula is C19H15BrClNO. The molecule has 116 valence electrons. The summed E-state index contributed by atoms with van der Waals surface area (Å²) in [5.41, 5.74) is 3.66. The van der Waals surface area contributed by atoms with E-state index >= 15 is 0 Å². The van der Waals surface area contributed by atoms with Crippen LogP contribution in [-0.4, -0.2) is 15.4 Å². The fraction of sp³-hybridized carbons (Fsp3) is 0.105. The second kappa shape index (κ2) is 7.26. The van der Waals surface area contributed by atoms with Crippen LogP contribution in [0.5, 0.6) is 0 Å². The summed E-state index contributed by atoms with van der Waals surface area (Å²) >= 11 is 9.31. The predicted octanol–water partition coefficient (Wildman–Crippen LogP) is 5.49. The summed E-state index contributed by atoms with van der Waals surface area (Å²) < 4.78 is 0. The zero-order valence-corrected chi connectivity index (χ0v) is 14.6. The Morgan fingerprint density at radius 2 is 1.91 bits per heavy atom. The Morgan fingerprint density at radius 3 is 2.74 bits per heavy atom. The lowest BCUT2D eigenvalue weighted by Gasteiger charge is -2.07. The lowest BCUT2D eigenvalue weighted by Crippen LogP contribution is -1.97. The first-order chi connectivity index (χ1) is 11.2. The van der Waals surface area contributed by atoms with Gasteiger partial charge in [-0.15, -0.1) is 0 Å². The van der Waals surface area contributed by atoms with Crippen molar-refractivity contribution < 1.29 is 5.11 Å². The van der Waals surface area contributed by atoms with E-state index in [1.807, 2.05) is 66.7 Å². The van der Waals surface area contributed by atoms with Crippen molar-refractivity contribution in [3.05, 3.63) is 76.4 Å². The van der Waals surface area contributed by atoms with Gasteiger partial charge in [0.15, 0.2) is 0 Å². The van der Waals surface area contributed by atoms with Gasteiger partial charge in [-0.05, 0) is 41.5 Å². The molecule has 3 rings (SSSR count). The molecule has 0 fully saturated rings. The zero-order valence-electron chi connectivity index (χ0n) is 12.3. The molecule has 1 aromatic heterocycles. The smallest absolute Gasteiger partial charge is 0.0887 e. The Kier molecular flexibility index (Phi) is 5.11. The van der Waals surface area contributed by atoms with Crippen molar-refractivity contribution in [2.24, 2.45) is 0 Å². The van der Waals surface area contributed by atoms with Crippen LogP contribution in [0.25, 0.3) is 23.1 Å². The molecule has 1 unspecified atom stereocenters. The van der Waals surface area contributed by atoms with Crippen LogP contribution in [0.4, 0.5) is 0 Å². The molecule has 0 amide bonds. The molecule has 0 saturated heterocycles. The van der Waals surface area contributed by atoms with Gasteiger partial charge < -0.3 is 5.11 Å². The van der Waals surface area contributed by atoms with E-state index in [4.69, 9.17) is 11.6 Å². The molecule has 0 bridgehead atoms. The molecule has 0 aliphatic carbocycles. The second-order valence-corrected chi connectivity index (χ2v) is 6.33. The Morgan fingerprint density at radius 1 is 1.09 bits per heavy atom. The molecule has 3 aromatic rings. The molecule has 4 heteroatoms. The molecule has 1 heterocycles. The minimum absolute atomic E-state index is 0.496. The number of benzene rings is 2. The third kappa shape index (κ3) is 3.99. The fourth-order valence-electron chi connectivity index (χ4n) is 2.34. The number of pyridine rings is 1. The molecule has 23 heavy (non-hydrogen) atoms. The average molecular weight is 389 g/mol. The fourth-order valence-corrected chi connectivity index (χ4v) is 2.88. The quantitative estimate of drug-likeness (QED) is 0.600. The molecule has 0 radical (unpaired) electrons. The Balaban J connectivity index is 1.87. The Hall–Kier alpha value is -1.68. The van der Waals surface area contributed by atoms with Crippen LogP contribution in [0.2, 0.25) is 5.02 Å². The van der Waals surface area contributed by atoms with Crippen LogP contribution in [0.3, 0.4) is 0 Å². The molecule has 1 atom stereocenters. The highest BCUT2D eigenvalue weighted by Gasteiger charge is 2.05. The minimum atomic E-state index is -0.496. The molecule has 0 spiro atoms. The number of aromatic nitrogens is 1. The second-order valence-electron chi connectivity index (χ2n) is 5.25. The summed E-state index contributed by atoms with van der Waals surface area (Å²) in [4.78, 5) is 4.60. The summed E-state index contributed by atoms with van der Waals surface area (Å²) in [7, 11) is 0. The van der Waals surface area contributed by atoms with Gasteiger partial charge in [-0.25, -0.2) is 4.98 Å². The van der Waals surface area contributed by atoms with E-state index in [0.29, 0.717) is 10.4 Å². The number of rotatable bonds is 4. The Labute approximate surface area is 148 Å². The first kappa shape index (κ1) is 16.2. The first-order valence-corrected chi connectivity index (χ1v) is 8.74.